The molecule has 0 bridgehead atoms. The molecule has 0 aromatic carbocycles. The molecule has 74 valence electrons. The number of hydrogen-bond donors (Lipinski definition) is 2. The number of aromatic carboxylic acids is 1. The van der Waals surface area contributed by atoms with Gasteiger partial charge in [0.2, 0.25) is 0 Å². The smallest absolute Gasteiger partial charge is 0.341 e. The molecule has 0 radical (unpaired) electrons. The van der Waals surface area contributed by atoms with Gasteiger partial charge < -0.3 is 14.8 Å². The van der Waals surface area contributed by atoms with Crippen LogP contribution >= 0.6 is 0 Å². The molecule has 2 N–H and O–H groups in total. The van der Waals surface area contributed by atoms with Gasteiger partial charge in [0.05, 0.1) is 12.8 Å². The summed E-state index contributed by atoms with van der Waals surface area (Å²) in [4.78, 5) is 10.8. The molecule has 6 heteroatoms. The summed E-state index contributed by atoms with van der Waals surface area (Å²) in [5.41, 5.74) is 0.634. The van der Waals surface area contributed by atoms with Crippen molar-refractivity contribution in [2.45, 2.75) is 6.54 Å². The number of carbonyl (C=O) groups is 1. The van der Waals surface area contributed by atoms with Gasteiger partial charge in [-0.1, -0.05) is 0 Å². The Balaban J connectivity index is 2.61. The van der Waals surface area contributed by atoms with Crippen molar-refractivity contribution in [3.8, 4) is 0 Å². The maximum Gasteiger partial charge on any atom is 0.341 e. The molecule has 0 aliphatic carbocycles. The maximum atomic E-state index is 10.8. The number of hydrogen-bond acceptors (Lipinski definition) is 3. The average molecular weight is 195 g/mol. The van der Waals surface area contributed by atoms with Crippen molar-refractivity contribution in [1.29, 1.82) is 0 Å². The van der Waals surface area contributed by atoms with Gasteiger partial charge in [-0.15, -0.1) is 0 Å². The number of carboxylic acids is 1. The Hall–Kier alpha value is -1.82. The van der Waals surface area contributed by atoms with E-state index in [0.29, 0.717) is 12.2 Å². The van der Waals surface area contributed by atoms with Crippen molar-refractivity contribution in [3.05, 3.63) is 24.2 Å². The lowest BCUT2D eigenvalue weighted by Gasteiger charge is -1.99. The van der Waals surface area contributed by atoms with Gasteiger partial charge in [0.15, 0.2) is 5.65 Å². The summed E-state index contributed by atoms with van der Waals surface area (Å²) in [6.45, 7) is 0.330. The zero-order valence-corrected chi connectivity index (χ0v) is 7.29. The van der Waals surface area contributed by atoms with E-state index in [1.165, 1.54) is 10.7 Å². The third-order valence-electron chi connectivity index (χ3n) is 2.00. The van der Waals surface area contributed by atoms with Crippen LogP contribution in [0.25, 0.3) is 5.65 Å². The van der Waals surface area contributed by atoms with E-state index in [0.717, 1.165) is 0 Å². The van der Waals surface area contributed by atoms with Gasteiger partial charge in [0, 0.05) is 18.9 Å². The third kappa shape index (κ3) is 1.16. The number of imidazole rings is 1. The lowest BCUT2D eigenvalue weighted by atomic mass is 10.3. The number of fused-ring (bicyclic) bond motifs is 1. The van der Waals surface area contributed by atoms with E-state index in [9.17, 15) is 4.79 Å². The van der Waals surface area contributed by atoms with Gasteiger partial charge in [-0.25, -0.2) is 9.31 Å². The largest absolute Gasteiger partial charge is 0.477 e. The van der Waals surface area contributed by atoms with Crippen LogP contribution in [-0.2, 0) is 6.54 Å². The first kappa shape index (κ1) is 8.76. The van der Waals surface area contributed by atoms with Gasteiger partial charge in [-0.2, -0.15) is 5.10 Å². The predicted molar refractivity (Wildman–Crippen MR) is 47.2 cm³/mol. The standard InChI is InChI=1S/C8H9N3O3/c12-4-3-10-1-2-11-7(10)6(5-9-11)8(13)14/h1-2,5,12H,3-4H2,(H,13,14). The minimum absolute atomic E-state index is 0.0332. The van der Waals surface area contributed by atoms with Crippen molar-refractivity contribution in [2.24, 2.45) is 0 Å². The molecule has 2 aromatic heterocycles. The van der Waals surface area contributed by atoms with E-state index >= 15 is 0 Å². The number of nitrogens with zero attached hydrogens (tertiary/aromatic N) is 3. The Bertz CT molecular complexity index is 471. The number of rotatable bonds is 3. The Morgan fingerprint density at radius 1 is 1.50 bits per heavy atom. The van der Waals surface area contributed by atoms with Crippen LogP contribution in [0.4, 0.5) is 0 Å². The van der Waals surface area contributed by atoms with Crippen LogP contribution in [0, 0.1) is 0 Å². The summed E-state index contributed by atoms with van der Waals surface area (Å²) in [7, 11) is 0. The molecule has 14 heavy (non-hydrogen) atoms. The normalized spacial score (nSPS) is 10.9. The molecular formula is C8H9N3O3. The summed E-state index contributed by atoms with van der Waals surface area (Å²) in [5, 5.41) is 21.5. The summed E-state index contributed by atoms with van der Waals surface area (Å²) in [6.07, 6.45) is 4.63. The lowest BCUT2D eigenvalue weighted by Crippen LogP contribution is -2.04. The molecule has 0 amide bonds. The van der Waals surface area contributed by atoms with E-state index < -0.39 is 5.97 Å². The average Bonchev–Trinajstić information content (AvgIpc) is 2.67. The second-order valence-electron chi connectivity index (χ2n) is 2.85. The number of aliphatic hydroxyl groups excluding tert-OH is 1. The van der Waals surface area contributed by atoms with Gasteiger partial charge in [0.25, 0.3) is 0 Å². The fourth-order valence-corrected chi connectivity index (χ4v) is 1.40. The molecule has 0 saturated carbocycles. The highest BCUT2D eigenvalue weighted by Gasteiger charge is 2.14. The minimum Gasteiger partial charge on any atom is -0.477 e. The third-order valence-corrected chi connectivity index (χ3v) is 2.00. The van der Waals surface area contributed by atoms with Crippen LogP contribution in [0.1, 0.15) is 10.4 Å². The first-order chi connectivity index (χ1) is 6.74. The molecule has 0 fully saturated rings. The van der Waals surface area contributed by atoms with Gasteiger partial charge >= 0.3 is 5.97 Å². The topological polar surface area (TPSA) is 79.8 Å². The highest BCUT2D eigenvalue weighted by atomic mass is 16.4. The van der Waals surface area contributed by atoms with Crippen LogP contribution in [0.15, 0.2) is 18.6 Å². The zero-order valence-electron chi connectivity index (χ0n) is 7.29. The Morgan fingerprint density at radius 3 is 2.93 bits per heavy atom. The van der Waals surface area contributed by atoms with Crippen molar-refractivity contribution < 1.29 is 15.0 Å². The first-order valence-corrected chi connectivity index (χ1v) is 4.10. The molecular weight excluding hydrogens is 186 g/mol. The van der Waals surface area contributed by atoms with Crippen LogP contribution in [-0.4, -0.2) is 37.0 Å². The van der Waals surface area contributed by atoms with Crippen molar-refractivity contribution in [2.75, 3.05) is 6.61 Å². The summed E-state index contributed by atoms with van der Waals surface area (Å²) >= 11 is 0. The zero-order chi connectivity index (χ0) is 10.1. The maximum absolute atomic E-state index is 10.8. The highest BCUT2D eigenvalue weighted by molar-refractivity contribution is 5.94. The van der Waals surface area contributed by atoms with E-state index in [4.69, 9.17) is 10.2 Å². The molecule has 0 aliphatic rings. The van der Waals surface area contributed by atoms with Crippen LogP contribution in [0.2, 0.25) is 0 Å². The Kier molecular flexibility index (Phi) is 1.97. The van der Waals surface area contributed by atoms with E-state index in [1.807, 2.05) is 0 Å². The SMILES string of the molecule is O=C(O)c1cnn2ccn(CCO)c12. The second-order valence-corrected chi connectivity index (χ2v) is 2.85. The number of aliphatic hydroxyl groups is 1. The molecule has 0 spiro atoms. The molecule has 0 aliphatic heterocycles. The van der Waals surface area contributed by atoms with Crippen LogP contribution in [0.3, 0.4) is 0 Å². The Morgan fingerprint density at radius 2 is 2.29 bits per heavy atom. The highest BCUT2D eigenvalue weighted by Crippen LogP contribution is 2.11. The van der Waals surface area contributed by atoms with Gasteiger partial charge in [-0.05, 0) is 0 Å². The fourth-order valence-electron chi connectivity index (χ4n) is 1.40. The summed E-state index contributed by atoms with van der Waals surface area (Å²) in [6, 6.07) is 0. The second kappa shape index (κ2) is 3.15. The van der Waals surface area contributed by atoms with Crippen molar-refractivity contribution >= 4 is 11.6 Å². The van der Waals surface area contributed by atoms with Crippen LogP contribution in [0.5, 0.6) is 0 Å². The molecule has 2 heterocycles. The van der Waals surface area contributed by atoms with E-state index in [-0.39, 0.29) is 12.2 Å². The Labute approximate surface area is 79.0 Å². The molecule has 6 nitrogen and oxygen atoms in total. The minimum atomic E-state index is -1.02. The quantitative estimate of drug-likeness (QED) is 0.712. The lowest BCUT2D eigenvalue weighted by molar-refractivity contribution is 0.0698. The van der Waals surface area contributed by atoms with Crippen LogP contribution < -0.4 is 0 Å². The van der Waals surface area contributed by atoms with Gasteiger partial charge in [0.1, 0.15) is 5.56 Å². The summed E-state index contributed by atoms with van der Waals surface area (Å²) in [5.74, 6) is -1.02. The molecule has 2 rings (SSSR count). The summed E-state index contributed by atoms with van der Waals surface area (Å²) < 4.78 is 3.12. The number of aromatic nitrogens is 3. The van der Waals surface area contributed by atoms with E-state index in [2.05, 4.69) is 5.10 Å². The fraction of sp³-hybridized carbons (Fsp3) is 0.250. The number of carboxylic acid groups (broad SMARTS) is 1. The molecule has 0 atom stereocenters. The predicted octanol–water partition coefficient (Wildman–Crippen LogP) is -0.174. The molecule has 0 unspecified atom stereocenters. The first-order valence-electron chi connectivity index (χ1n) is 4.10. The van der Waals surface area contributed by atoms with Crippen molar-refractivity contribution in [3.63, 3.8) is 0 Å². The van der Waals surface area contributed by atoms with E-state index in [1.54, 1.807) is 17.0 Å². The molecule has 2 aromatic rings. The monoisotopic (exact) mass is 195 g/mol. The van der Waals surface area contributed by atoms with Gasteiger partial charge in [-0.3, -0.25) is 0 Å². The molecule has 0 saturated heterocycles. The van der Waals surface area contributed by atoms with Crippen molar-refractivity contribution in [1.82, 2.24) is 14.2 Å².